The second-order valence-electron chi connectivity index (χ2n) is 8.23. The fraction of sp³-hybridized carbons (Fsp3) is 0.250. The molecule has 3 unspecified atom stereocenters. The van der Waals surface area contributed by atoms with Crippen LogP contribution in [-0.2, 0) is 11.3 Å². The largest absolute Gasteiger partial charge is 0.481 e. The van der Waals surface area contributed by atoms with Crippen LogP contribution >= 0.6 is 11.6 Å². The molecule has 8 nitrogen and oxygen atoms in total. The van der Waals surface area contributed by atoms with Crippen LogP contribution in [0.3, 0.4) is 0 Å². The molecule has 0 radical (unpaired) electrons. The Kier molecular flexibility index (Phi) is 5.60. The first-order chi connectivity index (χ1) is 16.0. The number of aromatic amines is 1. The number of halogens is 1. The van der Waals surface area contributed by atoms with Gasteiger partial charge in [-0.2, -0.15) is 10.1 Å². The molecule has 33 heavy (non-hydrogen) atoms. The van der Waals surface area contributed by atoms with E-state index in [9.17, 15) is 9.90 Å². The van der Waals surface area contributed by atoms with Gasteiger partial charge in [0.1, 0.15) is 5.76 Å². The van der Waals surface area contributed by atoms with Crippen LogP contribution in [0.1, 0.15) is 24.1 Å². The second kappa shape index (κ2) is 8.71. The lowest BCUT2D eigenvalue weighted by atomic mass is 9.89. The zero-order chi connectivity index (χ0) is 22.9. The number of aromatic nitrogens is 3. The third kappa shape index (κ3) is 4.47. The molecule has 2 aromatic heterocycles. The van der Waals surface area contributed by atoms with Crippen molar-refractivity contribution in [1.82, 2.24) is 20.0 Å². The van der Waals surface area contributed by atoms with Crippen LogP contribution in [0, 0.1) is 11.8 Å². The van der Waals surface area contributed by atoms with Gasteiger partial charge in [-0.05, 0) is 29.7 Å². The minimum absolute atomic E-state index is 0.0477. The van der Waals surface area contributed by atoms with Crippen molar-refractivity contribution in [3.05, 3.63) is 76.7 Å². The van der Waals surface area contributed by atoms with E-state index < -0.39 is 11.9 Å². The summed E-state index contributed by atoms with van der Waals surface area (Å²) in [5.74, 6) is -1.27. The number of carboxylic acid groups (broad SMARTS) is 1. The molecule has 1 aliphatic carbocycles. The van der Waals surface area contributed by atoms with E-state index >= 15 is 0 Å². The number of aliphatic carboxylic acids is 1. The molecule has 0 bridgehead atoms. The van der Waals surface area contributed by atoms with Crippen LogP contribution in [0.4, 0.5) is 0 Å². The van der Waals surface area contributed by atoms with Gasteiger partial charge in [0.15, 0.2) is 5.65 Å². The summed E-state index contributed by atoms with van der Waals surface area (Å²) in [6, 6.07) is 12.2. The molecule has 0 saturated carbocycles. The highest BCUT2D eigenvalue weighted by Crippen LogP contribution is 2.30. The molecule has 168 valence electrons. The number of hydrogen-bond donors (Lipinski definition) is 2. The Labute approximate surface area is 195 Å². The van der Waals surface area contributed by atoms with Crippen LogP contribution in [0.25, 0.3) is 11.2 Å². The molecule has 0 amide bonds. The van der Waals surface area contributed by atoms with E-state index in [1.807, 2.05) is 42.4 Å². The molecule has 0 fully saturated rings. The molecule has 9 heteroatoms. The lowest BCUT2D eigenvalue weighted by Crippen LogP contribution is -2.21. The van der Waals surface area contributed by atoms with E-state index in [2.05, 4.69) is 32.2 Å². The van der Waals surface area contributed by atoms with Crippen molar-refractivity contribution < 1.29 is 14.6 Å². The molecule has 3 heterocycles. The number of hydrogen-bond acceptors (Lipinski definition) is 6. The normalized spacial score (nSPS) is 22.1. The fourth-order valence-electron chi connectivity index (χ4n) is 4.00. The summed E-state index contributed by atoms with van der Waals surface area (Å²) in [6.45, 7) is 3.24. The van der Waals surface area contributed by atoms with Crippen molar-refractivity contribution in [1.29, 1.82) is 0 Å². The quantitative estimate of drug-likeness (QED) is 0.562. The Balaban J connectivity index is 1.33. The van der Waals surface area contributed by atoms with Crippen molar-refractivity contribution in [2.75, 3.05) is 6.54 Å². The maximum absolute atomic E-state index is 11.4. The molecule has 0 saturated heterocycles. The molecule has 3 aromatic rings. The van der Waals surface area contributed by atoms with Crippen molar-refractivity contribution in [2.24, 2.45) is 16.9 Å². The van der Waals surface area contributed by atoms with Crippen molar-refractivity contribution in [3.63, 3.8) is 0 Å². The Bertz CT molecular complexity index is 1280. The van der Waals surface area contributed by atoms with Crippen molar-refractivity contribution in [3.8, 4) is 6.01 Å². The fourth-order valence-corrected chi connectivity index (χ4v) is 4.29. The summed E-state index contributed by atoms with van der Waals surface area (Å²) in [5.41, 5.74) is 3.00. The molecular weight excluding hydrogens is 442 g/mol. The highest BCUT2D eigenvalue weighted by molar-refractivity contribution is 6.32. The number of carbonyl (C=O) groups is 1. The standard InChI is InChI=1S/C24H22ClN5O3/c1-14-7-8-17(9-18(14)23(31)32)33-24-27-20-10-19(25)21(28-22(20)29-24)16-11-26-30(13-16)12-15-5-3-2-4-6-15/h2-11,14,16,18H,12-13H2,1H3,(H,31,32)(H,27,28,29). The minimum Gasteiger partial charge on any atom is -0.481 e. The average molecular weight is 464 g/mol. The van der Waals surface area contributed by atoms with Crippen molar-refractivity contribution >= 4 is 34.9 Å². The zero-order valence-corrected chi connectivity index (χ0v) is 18.6. The molecule has 2 aliphatic rings. The summed E-state index contributed by atoms with van der Waals surface area (Å²) in [7, 11) is 0. The maximum Gasteiger partial charge on any atom is 0.311 e. The molecule has 1 aliphatic heterocycles. The number of H-pyrrole nitrogens is 1. The Hall–Kier alpha value is -3.65. The summed E-state index contributed by atoms with van der Waals surface area (Å²) in [6.07, 6.45) is 7.00. The molecule has 1 aromatic carbocycles. The third-order valence-electron chi connectivity index (χ3n) is 5.78. The van der Waals surface area contributed by atoms with Gasteiger partial charge in [0, 0.05) is 12.8 Å². The lowest BCUT2D eigenvalue weighted by Gasteiger charge is -2.18. The van der Waals surface area contributed by atoms with E-state index in [0.29, 0.717) is 40.7 Å². The van der Waals surface area contributed by atoms with Gasteiger partial charge in [-0.15, -0.1) is 0 Å². The molecule has 3 atom stereocenters. The number of nitrogens with one attached hydrogen (secondary N) is 1. The predicted octanol–water partition coefficient (Wildman–Crippen LogP) is 4.37. The first-order valence-electron chi connectivity index (χ1n) is 10.7. The molecule has 0 spiro atoms. The molecule has 2 N–H and O–H groups in total. The number of nitrogens with zero attached hydrogens (tertiary/aromatic N) is 4. The summed E-state index contributed by atoms with van der Waals surface area (Å²) in [4.78, 5) is 23.6. The number of imidazole rings is 1. The van der Waals surface area contributed by atoms with Gasteiger partial charge in [-0.25, -0.2) is 4.98 Å². The average Bonchev–Trinajstić information content (AvgIpc) is 3.41. The lowest BCUT2D eigenvalue weighted by molar-refractivity contribution is -0.141. The van der Waals surface area contributed by atoms with Gasteiger partial charge in [0.25, 0.3) is 0 Å². The van der Waals surface area contributed by atoms with Crippen LogP contribution in [0.15, 0.2) is 65.5 Å². The number of hydrazone groups is 1. The third-order valence-corrected chi connectivity index (χ3v) is 6.09. The summed E-state index contributed by atoms with van der Waals surface area (Å²) < 4.78 is 5.78. The van der Waals surface area contributed by atoms with Gasteiger partial charge in [-0.1, -0.05) is 54.9 Å². The first-order valence-corrected chi connectivity index (χ1v) is 11.0. The predicted molar refractivity (Wildman–Crippen MR) is 125 cm³/mol. The number of allylic oxidation sites excluding steroid dienone is 2. The monoisotopic (exact) mass is 463 g/mol. The zero-order valence-electron chi connectivity index (χ0n) is 17.9. The van der Waals surface area contributed by atoms with Crippen LogP contribution in [-0.4, -0.2) is 43.8 Å². The minimum atomic E-state index is -0.893. The van der Waals surface area contributed by atoms with E-state index in [1.54, 1.807) is 18.2 Å². The Morgan fingerprint density at radius 3 is 2.91 bits per heavy atom. The second-order valence-corrected chi connectivity index (χ2v) is 8.63. The van der Waals surface area contributed by atoms with Gasteiger partial charge >= 0.3 is 12.0 Å². The van der Waals surface area contributed by atoms with Crippen LogP contribution in [0.5, 0.6) is 6.01 Å². The number of benzene rings is 1. The number of fused-ring (bicyclic) bond motifs is 1. The van der Waals surface area contributed by atoms with Gasteiger partial charge in [-0.3, -0.25) is 9.80 Å². The van der Waals surface area contributed by atoms with Crippen LogP contribution in [0.2, 0.25) is 5.02 Å². The van der Waals surface area contributed by atoms with E-state index in [4.69, 9.17) is 16.3 Å². The number of ether oxygens (including phenoxy) is 1. The van der Waals surface area contributed by atoms with Gasteiger partial charge < -0.3 is 14.8 Å². The summed E-state index contributed by atoms with van der Waals surface area (Å²) >= 11 is 6.54. The summed E-state index contributed by atoms with van der Waals surface area (Å²) in [5, 5.41) is 16.4. The van der Waals surface area contributed by atoms with E-state index in [-0.39, 0.29) is 17.8 Å². The Morgan fingerprint density at radius 1 is 1.30 bits per heavy atom. The van der Waals surface area contributed by atoms with E-state index in [0.717, 1.165) is 0 Å². The first kappa shape index (κ1) is 21.2. The SMILES string of the molecule is CC1C=CC(Oc2nc3nc(C4C=NN(Cc5ccccc5)C4)c(Cl)cc3[nH]2)=CC1C(=O)O. The highest BCUT2D eigenvalue weighted by atomic mass is 35.5. The van der Waals surface area contributed by atoms with Gasteiger partial charge in [0.2, 0.25) is 0 Å². The number of rotatable bonds is 6. The topological polar surface area (TPSA) is 104 Å². The van der Waals surface area contributed by atoms with Crippen LogP contribution < -0.4 is 4.74 Å². The highest BCUT2D eigenvalue weighted by Gasteiger charge is 2.26. The van der Waals surface area contributed by atoms with E-state index in [1.165, 1.54) is 5.56 Å². The van der Waals surface area contributed by atoms with Gasteiger partial charge in [0.05, 0.1) is 34.6 Å². The molecule has 5 rings (SSSR count). The maximum atomic E-state index is 11.4. The Morgan fingerprint density at radius 2 is 2.12 bits per heavy atom. The number of pyridine rings is 1. The smallest absolute Gasteiger partial charge is 0.311 e. The number of carboxylic acids is 1. The van der Waals surface area contributed by atoms with Crippen molar-refractivity contribution in [2.45, 2.75) is 19.4 Å². The molecular formula is C24H22ClN5O3.